The Morgan fingerprint density at radius 1 is 1.73 bits per heavy atom. The Kier molecular flexibility index (Phi) is 4.55. The lowest BCUT2D eigenvalue weighted by Crippen LogP contribution is -2.08. The van der Waals surface area contributed by atoms with Gasteiger partial charge in [0.05, 0.1) is 12.8 Å². The van der Waals surface area contributed by atoms with Gasteiger partial charge in [0.25, 0.3) is 0 Å². The highest BCUT2D eigenvalue weighted by molar-refractivity contribution is 9.09. The second-order valence-electron chi connectivity index (χ2n) is 2.97. The fourth-order valence-corrected chi connectivity index (χ4v) is 1.38. The van der Waals surface area contributed by atoms with Gasteiger partial charge in [-0.15, -0.1) is 0 Å². The quantitative estimate of drug-likeness (QED) is 0.622. The van der Waals surface area contributed by atoms with Gasteiger partial charge in [0.15, 0.2) is 0 Å². The molecule has 0 aliphatic heterocycles. The molecule has 0 bridgehead atoms. The van der Waals surface area contributed by atoms with Crippen molar-refractivity contribution in [2.24, 2.45) is 7.05 Å². The number of carbonyl (C=O) groups is 1. The van der Waals surface area contributed by atoms with Crippen LogP contribution < -0.4 is 0 Å². The molecule has 1 aromatic heterocycles. The third-order valence-corrected chi connectivity index (χ3v) is 2.29. The maximum atomic E-state index is 11.2. The van der Waals surface area contributed by atoms with Crippen molar-refractivity contribution in [3.8, 4) is 0 Å². The fourth-order valence-electron chi connectivity index (χ4n) is 1.12. The van der Waals surface area contributed by atoms with E-state index in [4.69, 9.17) is 0 Å². The molecule has 0 fully saturated rings. The normalized spacial score (nSPS) is 10.9. The summed E-state index contributed by atoms with van der Waals surface area (Å²) in [5.41, 5.74) is 0.763. The van der Waals surface area contributed by atoms with Gasteiger partial charge in [-0.25, -0.2) is 9.78 Å². The Morgan fingerprint density at radius 3 is 3.07 bits per heavy atom. The van der Waals surface area contributed by atoms with Crippen LogP contribution in [0.3, 0.4) is 0 Å². The van der Waals surface area contributed by atoms with Crippen molar-refractivity contribution in [1.29, 1.82) is 0 Å². The van der Waals surface area contributed by atoms with Crippen molar-refractivity contribution in [1.82, 2.24) is 9.55 Å². The van der Waals surface area contributed by atoms with Crippen LogP contribution in [0.1, 0.15) is 22.7 Å². The van der Waals surface area contributed by atoms with Gasteiger partial charge in [0.1, 0.15) is 0 Å². The van der Waals surface area contributed by atoms with Crippen LogP contribution in [0.2, 0.25) is 0 Å². The number of nitrogens with zero attached hydrogens (tertiary/aromatic N) is 2. The summed E-state index contributed by atoms with van der Waals surface area (Å²) < 4.78 is 6.25. The maximum Gasteiger partial charge on any atom is 0.374 e. The van der Waals surface area contributed by atoms with Crippen LogP contribution in [0.4, 0.5) is 0 Å². The number of hydrogen-bond acceptors (Lipinski definition) is 3. The predicted molar refractivity (Wildman–Crippen MR) is 62.0 cm³/mol. The van der Waals surface area contributed by atoms with Crippen LogP contribution >= 0.6 is 15.9 Å². The summed E-state index contributed by atoms with van der Waals surface area (Å²) in [6.45, 7) is 0. The first-order chi connectivity index (χ1) is 7.19. The SMILES string of the molecule is COC(=O)c1nc(C=CCCBr)cn1C. The number of aromatic nitrogens is 2. The minimum Gasteiger partial charge on any atom is -0.463 e. The first-order valence-electron chi connectivity index (χ1n) is 4.53. The zero-order valence-electron chi connectivity index (χ0n) is 8.74. The average Bonchev–Trinajstić information content (AvgIpc) is 2.59. The van der Waals surface area contributed by atoms with Crippen molar-refractivity contribution in [3.63, 3.8) is 0 Å². The number of ether oxygens (including phenoxy) is 1. The Hall–Kier alpha value is -1.10. The number of imidazole rings is 1. The lowest BCUT2D eigenvalue weighted by atomic mass is 10.3. The van der Waals surface area contributed by atoms with Crippen LogP contribution in [0.5, 0.6) is 0 Å². The molecule has 1 aromatic rings. The van der Waals surface area contributed by atoms with Crippen LogP contribution in [0, 0.1) is 0 Å². The van der Waals surface area contributed by atoms with Gasteiger partial charge < -0.3 is 9.30 Å². The number of alkyl halides is 1. The molecule has 0 unspecified atom stereocenters. The van der Waals surface area contributed by atoms with Crippen LogP contribution in [0.25, 0.3) is 6.08 Å². The van der Waals surface area contributed by atoms with Crippen molar-refractivity contribution in [2.75, 3.05) is 12.4 Å². The second kappa shape index (κ2) is 5.70. The van der Waals surface area contributed by atoms with Crippen LogP contribution in [-0.2, 0) is 11.8 Å². The Balaban J connectivity index is 2.81. The summed E-state index contributed by atoms with van der Waals surface area (Å²) >= 11 is 3.33. The van der Waals surface area contributed by atoms with Gasteiger partial charge in [-0.2, -0.15) is 0 Å². The van der Waals surface area contributed by atoms with Crippen molar-refractivity contribution in [2.45, 2.75) is 6.42 Å². The molecule has 0 amide bonds. The number of hydrogen-bond donors (Lipinski definition) is 0. The van der Waals surface area contributed by atoms with E-state index in [1.807, 2.05) is 12.2 Å². The molecule has 0 spiro atoms. The summed E-state index contributed by atoms with van der Waals surface area (Å²) in [6, 6.07) is 0. The molecule has 0 aromatic carbocycles. The van der Waals surface area contributed by atoms with Crippen LogP contribution in [0.15, 0.2) is 12.3 Å². The van der Waals surface area contributed by atoms with Gasteiger partial charge in [-0.05, 0) is 12.5 Å². The molecule has 0 N–H and O–H groups in total. The van der Waals surface area contributed by atoms with E-state index in [-0.39, 0.29) is 0 Å². The summed E-state index contributed by atoms with van der Waals surface area (Å²) in [6.07, 6.45) is 6.60. The van der Waals surface area contributed by atoms with E-state index in [1.165, 1.54) is 7.11 Å². The molecule has 15 heavy (non-hydrogen) atoms. The highest BCUT2D eigenvalue weighted by Gasteiger charge is 2.12. The molecule has 0 saturated carbocycles. The minimum absolute atomic E-state index is 0.316. The molecule has 0 radical (unpaired) electrons. The van der Waals surface area contributed by atoms with E-state index in [9.17, 15) is 4.79 Å². The molecule has 0 saturated heterocycles. The third-order valence-electron chi connectivity index (χ3n) is 1.83. The number of allylic oxidation sites excluding steroid dienone is 1. The monoisotopic (exact) mass is 272 g/mol. The standard InChI is InChI=1S/C10H13BrN2O2/c1-13-7-8(5-3-4-6-11)12-9(13)10(14)15-2/h3,5,7H,4,6H2,1-2H3. The van der Waals surface area contributed by atoms with E-state index in [2.05, 4.69) is 25.7 Å². The van der Waals surface area contributed by atoms with E-state index in [0.29, 0.717) is 5.82 Å². The average molecular weight is 273 g/mol. The predicted octanol–water partition coefficient (Wildman–Crippen LogP) is 2.00. The molecular weight excluding hydrogens is 260 g/mol. The summed E-state index contributed by atoms with van der Waals surface area (Å²) in [4.78, 5) is 15.4. The first-order valence-corrected chi connectivity index (χ1v) is 5.65. The number of halogens is 1. The van der Waals surface area contributed by atoms with Crippen molar-refractivity contribution >= 4 is 28.0 Å². The fraction of sp³-hybridized carbons (Fsp3) is 0.400. The molecular formula is C10H13BrN2O2. The minimum atomic E-state index is -0.419. The molecule has 5 heteroatoms. The van der Waals surface area contributed by atoms with E-state index >= 15 is 0 Å². The van der Waals surface area contributed by atoms with E-state index in [0.717, 1.165) is 17.4 Å². The van der Waals surface area contributed by atoms with Gasteiger partial charge in [0, 0.05) is 18.6 Å². The molecule has 0 aliphatic carbocycles. The van der Waals surface area contributed by atoms with Gasteiger partial charge in [-0.1, -0.05) is 22.0 Å². The molecule has 1 rings (SSSR count). The summed E-state index contributed by atoms with van der Waals surface area (Å²) in [7, 11) is 3.11. The number of methoxy groups -OCH3 is 1. The Morgan fingerprint density at radius 2 is 2.47 bits per heavy atom. The molecule has 1 heterocycles. The lowest BCUT2D eigenvalue weighted by Gasteiger charge is -1.96. The zero-order chi connectivity index (χ0) is 11.3. The Labute approximate surface area is 97.1 Å². The molecule has 0 aliphatic rings. The third kappa shape index (κ3) is 3.20. The number of aryl methyl sites for hydroxylation is 1. The number of carbonyl (C=O) groups excluding carboxylic acids is 1. The number of esters is 1. The van der Waals surface area contributed by atoms with Crippen molar-refractivity contribution < 1.29 is 9.53 Å². The van der Waals surface area contributed by atoms with E-state index < -0.39 is 5.97 Å². The van der Waals surface area contributed by atoms with Gasteiger partial charge in [0.2, 0.25) is 5.82 Å². The van der Waals surface area contributed by atoms with Gasteiger partial charge in [-0.3, -0.25) is 0 Å². The largest absolute Gasteiger partial charge is 0.463 e. The smallest absolute Gasteiger partial charge is 0.374 e. The van der Waals surface area contributed by atoms with Gasteiger partial charge >= 0.3 is 5.97 Å². The maximum absolute atomic E-state index is 11.2. The summed E-state index contributed by atoms with van der Waals surface area (Å²) in [5.74, 6) is -0.103. The highest BCUT2D eigenvalue weighted by Crippen LogP contribution is 2.05. The van der Waals surface area contributed by atoms with Crippen LogP contribution in [-0.4, -0.2) is 28.0 Å². The lowest BCUT2D eigenvalue weighted by molar-refractivity contribution is 0.0583. The zero-order valence-corrected chi connectivity index (χ0v) is 10.3. The number of rotatable bonds is 4. The highest BCUT2D eigenvalue weighted by atomic mass is 79.9. The Bertz CT molecular complexity index is 371. The molecule has 82 valence electrons. The molecule has 4 nitrogen and oxygen atoms in total. The van der Waals surface area contributed by atoms with Crippen molar-refractivity contribution in [3.05, 3.63) is 23.8 Å². The first kappa shape index (κ1) is 12.0. The summed E-state index contributed by atoms with van der Waals surface area (Å²) in [5, 5.41) is 0.917. The van der Waals surface area contributed by atoms with E-state index in [1.54, 1.807) is 17.8 Å². The second-order valence-corrected chi connectivity index (χ2v) is 3.76. The topological polar surface area (TPSA) is 44.1 Å². The molecule has 0 atom stereocenters.